The summed E-state index contributed by atoms with van der Waals surface area (Å²) in [4.78, 5) is 0. The summed E-state index contributed by atoms with van der Waals surface area (Å²) < 4.78 is 0. The molecule has 11 heavy (non-hydrogen) atoms. The summed E-state index contributed by atoms with van der Waals surface area (Å²) in [6.45, 7) is 8.25. The first-order valence-electron chi connectivity index (χ1n) is 3.89. The van der Waals surface area contributed by atoms with Gasteiger partial charge in [0.15, 0.2) is 0 Å². The van der Waals surface area contributed by atoms with E-state index in [0.29, 0.717) is 6.04 Å². The summed E-state index contributed by atoms with van der Waals surface area (Å²) in [5.41, 5.74) is 3.28. The first-order valence-corrected chi connectivity index (χ1v) is 3.89. The molecular formula is C8H15N3. The predicted octanol–water partition coefficient (Wildman–Crippen LogP) is 1.85. The quantitative estimate of drug-likeness (QED) is 0.680. The fourth-order valence-electron chi connectivity index (χ4n) is 1.05. The van der Waals surface area contributed by atoms with Crippen molar-refractivity contribution in [3.8, 4) is 0 Å². The molecule has 1 rings (SSSR count). The van der Waals surface area contributed by atoms with Crippen LogP contribution in [0, 0.1) is 13.8 Å². The molecule has 0 saturated carbocycles. The number of aromatic nitrogens is 2. The maximum atomic E-state index is 4.08. The van der Waals surface area contributed by atoms with E-state index in [4.69, 9.17) is 0 Å². The van der Waals surface area contributed by atoms with Crippen LogP contribution in [0.25, 0.3) is 0 Å². The topological polar surface area (TPSA) is 40.7 Å². The van der Waals surface area contributed by atoms with Crippen LogP contribution in [-0.2, 0) is 0 Å². The van der Waals surface area contributed by atoms with Gasteiger partial charge >= 0.3 is 0 Å². The molecule has 3 heteroatoms. The summed E-state index contributed by atoms with van der Waals surface area (Å²) in [7, 11) is 0. The highest BCUT2D eigenvalue weighted by Crippen LogP contribution is 2.16. The van der Waals surface area contributed by atoms with Gasteiger partial charge in [0.25, 0.3) is 0 Å². The third kappa shape index (κ3) is 1.73. The van der Waals surface area contributed by atoms with Crippen LogP contribution in [0.5, 0.6) is 0 Å². The normalized spacial score (nSPS) is 10.6. The molecule has 0 saturated heterocycles. The van der Waals surface area contributed by atoms with Crippen LogP contribution in [-0.4, -0.2) is 16.2 Å². The highest BCUT2D eigenvalue weighted by molar-refractivity contribution is 5.51. The largest absolute Gasteiger partial charge is 0.380 e. The summed E-state index contributed by atoms with van der Waals surface area (Å²) in [6, 6.07) is 0.463. The third-order valence-corrected chi connectivity index (χ3v) is 1.56. The van der Waals surface area contributed by atoms with Gasteiger partial charge in [-0.3, -0.25) is 5.10 Å². The van der Waals surface area contributed by atoms with Gasteiger partial charge in [-0.2, -0.15) is 5.10 Å². The summed E-state index contributed by atoms with van der Waals surface area (Å²) in [5, 5.41) is 10.3. The van der Waals surface area contributed by atoms with Crippen molar-refractivity contribution < 1.29 is 0 Å². The minimum Gasteiger partial charge on any atom is -0.380 e. The van der Waals surface area contributed by atoms with Gasteiger partial charge < -0.3 is 5.32 Å². The molecule has 0 amide bonds. The molecule has 1 aromatic heterocycles. The number of nitrogens with one attached hydrogen (secondary N) is 2. The van der Waals surface area contributed by atoms with Gasteiger partial charge in [0.1, 0.15) is 0 Å². The molecule has 62 valence electrons. The highest BCUT2D eigenvalue weighted by Gasteiger charge is 2.05. The molecule has 0 aromatic carbocycles. The number of hydrogen-bond acceptors (Lipinski definition) is 2. The van der Waals surface area contributed by atoms with E-state index in [1.165, 1.54) is 0 Å². The molecule has 0 aliphatic heterocycles. The van der Waals surface area contributed by atoms with Crippen molar-refractivity contribution in [2.24, 2.45) is 0 Å². The summed E-state index contributed by atoms with van der Waals surface area (Å²) in [6.07, 6.45) is 0. The van der Waals surface area contributed by atoms with Gasteiger partial charge in [-0.1, -0.05) is 0 Å². The van der Waals surface area contributed by atoms with Crippen LogP contribution >= 0.6 is 0 Å². The Labute approximate surface area is 67.2 Å². The Morgan fingerprint density at radius 2 is 2.00 bits per heavy atom. The lowest BCUT2D eigenvalue weighted by atomic mass is 10.3. The van der Waals surface area contributed by atoms with Crippen molar-refractivity contribution in [2.75, 3.05) is 5.32 Å². The monoisotopic (exact) mass is 153 g/mol. The maximum Gasteiger partial charge on any atom is 0.0825 e. The van der Waals surface area contributed by atoms with Crippen molar-refractivity contribution in [1.29, 1.82) is 0 Å². The molecule has 0 spiro atoms. The Morgan fingerprint density at radius 3 is 2.36 bits per heavy atom. The van der Waals surface area contributed by atoms with Crippen LogP contribution in [0.2, 0.25) is 0 Å². The maximum absolute atomic E-state index is 4.08. The van der Waals surface area contributed by atoms with E-state index in [9.17, 15) is 0 Å². The Hall–Kier alpha value is -0.990. The number of aromatic amines is 1. The van der Waals surface area contributed by atoms with E-state index < -0.39 is 0 Å². The second kappa shape index (κ2) is 2.95. The third-order valence-electron chi connectivity index (χ3n) is 1.56. The Balaban J connectivity index is 2.83. The molecule has 1 aromatic rings. The molecule has 0 atom stereocenters. The highest BCUT2D eigenvalue weighted by atomic mass is 15.1. The zero-order valence-electron chi connectivity index (χ0n) is 7.52. The fraction of sp³-hybridized carbons (Fsp3) is 0.625. The molecule has 1 heterocycles. The smallest absolute Gasteiger partial charge is 0.0825 e. The van der Waals surface area contributed by atoms with Crippen LogP contribution in [0.3, 0.4) is 0 Å². The molecule has 0 bridgehead atoms. The first kappa shape index (κ1) is 8.11. The minimum atomic E-state index is 0.463. The molecule has 0 aliphatic carbocycles. The fourth-order valence-corrected chi connectivity index (χ4v) is 1.05. The van der Waals surface area contributed by atoms with Crippen molar-refractivity contribution in [3.05, 3.63) is 11.4 Å². The van der Waals surface area contributed by atoms with Crippen LogP contribution < -0.4 is 5.32 Å². The SMILES string of the molecule is Cc1n[nH]c(C)c1NC(C)C. The number of anilines is 1. The Kier molecular flexibility index (Phi) is 2.17. The van der Waals surface area contributed by atoms with E-state index >= 15 is 0 Å². The van der Waals surface area contributed by atoms with E-state index in [1.54, 1.807) is 0 Å². The van der Waals surface area contributed by atoms with Gasteiger partial charge in [-0.05, 0) is 27.7 Å². The zero-order chi connectivity index (χ0) is 8.43. The minimum absolute atomic E-state index is 0.463. The molecule has 0 aliphatic rings. The standard InChI is InChI=1S/C8H15N3/c1-5(2)9-8-6(3)10-11-7(8)4/h5,9H,1-4H3,(H,10,11). The van der Waals surface area contributed by atoms with E-state index in [2.05, 4.69) is 29.4 Å². The first-order chi connectivity index (χ1) is 5.11. The van der Waals surface area contributed by atoms with Crippen LogP contribution in [0.15, 0.2) is 0 Å². The van der Waals surface area contributed by atoms with Crippen molar-refractivity contribution in [3.63, 3.8) is 0 Å². The average Bonchev–Trinajstić information content (AvgIpc) is 2.18. The second-order valence-corrected chi connectivity index (χ2v) is 3.11. The lowest BCUT2D eigenvalue weighted by Gasteiger charge is -2.08. The predicted molar refractivity (Wildman–Crippen MR) is 46.8 cm³/mol. The Morgan fingerprint density at radius 1 is 1.36 bits per heavy atom. The van der Waals surface area contributed by atoms with Gasteiger partial charge in [-0.25, -0.2) is 0 Å². The molecule has 0 unspecified atom stereocenters. The van der Waals surface area contributed by atoms with E-state index in [-0.39, 0.29) is 0 Å². The number of aryl methyl sites for hydroxylation is 2. The second-order valence-electron chi connectivity index (χ2n) is 3.11. The lowest BCUT2D eigenvalue weighted by molar-refractivity contribution is 0.895. The van der Waals surface area contributed by atoms with Gasteiger partial charge in [0.2, 0.25) is 0 Å². The number of nitrogens with zero attached hydrogens (tertiary/aromatic N) is 1. The number of H-pyrrole nitrogens is 1. The van der Waals surface area contributed by atoms with Crippen molar-refractivity contribution in [1.82, 2.24) is 10.2 Å². The van der Waals surface area contributed by atoms with Gasteiger partial charge in [0, 0.05) is 6.04 Å². The van der Waals surface area contributed by atoms with Gasteiger partial charge in [0.05, 0.1) is 17.1 Å². The van der Waals surface area contributed by atoms with Gasteiger partial charge in [-0.15, -0.1) is 0 Å². The van der Waals surface area contributed by atoms with Crippen LogP contribution in [0.1, 0.15) is 25.2 Å². The van der Waals surface area contributed by atoms with E-state index in [0.717, 1.165) is 17.1 Å². The summed E-state index contributed by atoms with van der Waals surface area (Å²) >= 11 is 0. The molecule has 3 nitrogen and oxygen atoms in total. The molecule has 0 radical (unpaired) electrons. The Bertz CT molecular complexity index is 218. The summed E-state index contributed by atoms with van der Waals surface area (Å²) in [5.74, 6) is 0. The lowest BCUT2D eigenvalue weighted by Crippen LogP contribution is -2.10. The number of hydrogen-bond donors (Lipinski definition) is 2. The molecule has 0 fully saturated rings. The average molecular weight is 153 g/mol. The molecular weight excluding hydrogens is 138 g/mol. The van der Waals surface area contributed by atoms with E-state index in [1.807, 2.05) is 13.8 Å². The zero-order valence-corrected chi connectivity index (χ0v) is 7.52. The van der Waals surface area contributed by atoms with Crippen molar-refractivity contribution >= 4 is 5.69 Å². The van der Waals surface area contributed by atoms with Crippen molar-refractivity contribution in [2.45, 2.75) is 33.7 Å². The molecule has 2 N–H and O–H groups in total. The number of rotatable bonds is 2. The van der Waals surface area contributed by atoms with Crippen LogP contribution in [0.4, 0.5) is 5.69 Å².